The smallest absolute Gasteiger partial charge is 0.233 e. The topological polar surface area (TPSA) is 50.4 Å². The molecule has 0 spiro atoms. The SMILES string of the molecule is CCNC(=O)CNCC1(C)COC1. The van der Waals surface area contributed by atoms with E-state index in [0.717, 1.165) is 19.8 Å². The minimum Gasteiger partial charge on any atom is -0.380 e. The van der Waals surface area contributed by atoms with Crippen molar-refractivity contribution in [3.63, 3.8) is 0 Å². The average molecular weight is 186 g/mol. The maximum atomic E-state index is 11.0. The fourth-order valence-corrected chi connectivity index (χ4v) is 1.29. The molecule has 0 aromatic carbocycles. The Labute approximate surface area is 79.0 Å². The molecule has 0 atom stereocenters. The number of hydrogen-bond acceptors (Lipinski definition) is 3. The average Bonchev–Trinajstić information content (AvgIpc) is 2.02. The van der Waals surface area contributed by atoms with Crippen LogP contribution in [0.2, 0.25) is 0 Å². The summed E-state index contributed by atoms with van der Waals surface area (Å²) in [5.74, 6) is 0.0614. The molecule has 1 aliphatic heterocycles. The third kappa shape index (κ3) is 3.32. The molecule has 1 saturated heterocycles. The highest BCUT2D eigenvalue weighted by Crippen LogP contribution is 2.24. The van der Waals surface area contributed by atoms with Gasteiger partial charge in [-0.25, -0.2) is 0 Å². The number of ether oxygens (including phenoxy) is 1. The number of amides is 1. The highest BCUT2D eigenvalue weighted by molar-refractivity contribution is 5.77. The van der Waals surface area contributed by atoms with Crippen molar-refractivity contribution in [1.82, 2.24) is 10.6 Å². The molecule has 1 aliphatic rings. The third-order valence-electron chi connectivity index (χ3n) is 2.11. The highest BCUT2D eigenvalue weighted by atomic mass is 16.5. The van der Waals surface area contributed by atoms with Crippen LogP contribution in [0.1, 0.15) is 13.8 Å². The predicted octanol–water partition coefficient (Wildman–Crippen LogP) is -0.251. The van der Waals surface area contributed by atoms with Gasteiger partial charge in [-0.1, -0.05) is 6.92 Å². The van der Waals surface area contributed by atoms with Crippen LogP contribution in [-0.4, -0.2) is 38.8 Å². The lowest BCUT2D eigenvalue weighted by atomic mass is 9.89. The summed E-state index contributed by atoms with van der Waals surface area (Å²) in [7, 11) is 0. The van der Waals surface area contributed by atoms with E-state index < -0.39 is 0 Å². The second kappa shape index (κ2) is 4.58. The van der Waals surface area contributed by atoms with E-state index in [1.165, 1.54) is 0 Å². The zero-order valence-corrected chi connectivity index (χ0v) is 8.35. The number of rotatable bonds is 5. The molecule has 1 amide bonds. The molecule has 1 fully saturated rings. The minimum atomic E-state index is 0.0614. The van der Waals surface area contributed by atoms with Crippen molar-refractivity contribution in [2.75, 3.05) is 32.8 Å². The van der Waals surface area contributed by atoms with Crippen LogP contribution in [0.4, 0.5) is 0 Å². The Morgan fingerprint density at radius 1 is 1.54 bits per heavy atom. The Morgan fingerprint density at radius 3 is 2.69 bits per heavy atom. The molecule has 1 heterocycles. The van der Waals surface area contributed by atoms with Gasteiger partial charge in [0.1, 0.15) is 0 Å². The first-order valence-corrected chi connectivity index (χ1v) is 4.71. The number of hydrogen-bond donors (Lipinski definition) is 2. The Kier molecular flexibility index (Phi) is 3.69. The van der Waals surface area contributed by atoms with Crippen molar-refractivity contribution in [3.8, 4) is 0 Å². The molecule has 76 valence electrons. The lowest BCUT2D eigenvalue weighted by molar-refractivity contribution is -0.121. The summed E-state index contributed by atoms with van der Waals surface area (Å²) >= 11 is 0. The van der Waals surface area contributed by atoms with Crippen molar-refractivity contribution in [3.05, 3.63) is 0 Å². The Morgan fingerprint density at radius 2 is 2.23 bits per heavy atom. The van der Waals surface area contributed by atoms with E-state index in [9.17, 15) is 4.79 Å². The Hall–Kier alpha value is -0.610. The third-order valence-corrected chi connectivity index (χ3v) is 2.11. The van der Waals surface area contributed by atoms with Gasteiger partial charge in [-0.15, -0.1) is 0 Å². The zero-order valence-electron chi connectivity index (χ0n) is 8.35. The molecule has 13 heavy (non-hydrogen) atoms. The van der Waals surface area contributed by atoms with E-state index in [4.69, 9.17) is 4.74 Å². The molecule has 1 rings (SSSR count). The molecule has 0 bridgehead atoms. The van der Waals surface area contributed by atoms with Gasteiger partial charge >= 0.3 is 0 Å². The standard InChI is InChI=1S/C9H18N2O2/c1-3-11-8(12)4-10-5-9(2)6-13-7-9/h10H,3-7H2,1-2H3,(H,11,12). The minimum absolute atomic E-state index is 0.0614. The molecule has 0 saturated carbocycles. The largest absolute Gasteiger partial charge is 0.380 e. The van der Waals surface area contributed by atoms with Crippen molar-refractivity contribution in [1.29, 1.82) is 0 Å². The van der Waals surface area contributed by atoms with Crippen LogP contribution in [0.25, 0.3) is 0 Å². The molecule has 0 aliphatic carbocycles. The quantitative estimate of drug-likeness (QED) is 0.622. The first kappa shape index (κ1) is 10.5. The molecule has 4 heteroatoms. The monoisotopic (exact) mass is 186 g/mol. The lowest BCUT2D eigenvalue weighted by Gasteiger charge is -2.38. The molecule has 2 N–H and O–H groups in total. The second-order valence-electron chi connectivity index (χ2n) is 3.86. The van der Waals surface area contributed by atoms with Crippen LogP contribution in [-0.2, 0) is 9.53 Å². The zero-order chi connectivity index (χ0) is 9.73. The molecule has 0 unspecified atom stereocenters. The fourth-order valence-electron chi connectivity index (χ4n) is 1.29. The lowest BCUT2D eigenvalue weighted by Crippen LogP contribution is -2.49. The van der Waals surface area contributed by atoms with Gasteiger partial charge in [0, 0.05) is 18.5 Å². The van der Waals surface area contributed by atoms with Gasteiger partial charge < -0.3 is 15.4 Å². The van der Waals surface area contributed by atoms with Gasteiger partial charge in [0.25, 0.3) is 0 Å². The van der Waals surface area contributed by atoms with Crippen LogP contribution < -0.4 is 10.6 Å². The Bertz CT molecular complexity index is 178. The van der Waals surface area contributed by atoms with E-state index in [1.807, 2.05) is 6.92 Å². The summed E-state index contributed by atoms with van der Waals surface area (Å²) in [4.78, 5) is 11.0. The van der Waals surface area contributed by atoms with Crippen LogP contribution in [0.15, 0.2) is 0 Å². The fraction of sp³-hybridized carbons (Fsp3) is 0.889. The van der Waals surface area contributed by atoms with Gasteiger partial charge in [0.15, 0.2) is 0 Å². The summed E-state index contributed by atoms with van der Waals surface area (Å²) in [6, 6.07) is 0. The number of likely N-dealkylation sites (N-methyl/N-ethyl adjacent to an activating group) is 1. The van der Waals surface area contributed by atoms with Crippen LogP contribution in [0.3, 0.4) is 0 Å². The van der Waals surface area contributed by atoms with Gasteiger partial charge in [0.05, 0.1) is 19.8 Å². The second-order valence-corrected chi connectivity index (χ2v) is 3.86. The first-order chi connectivity index (χ1) is 6.16. The Balaban J connectivity index is 2.03. The van der Waals surface area contributed by atoms with E-state index in [2.05, 4.69) is 17.6 Å². The van der Waals surface area contributed by atoms with E-state index >= 15 is 0 Å². The molecule has 4 nitrogen and oxygen atoms in total. The number of carbonyl (C=O) groups is 1. The van der Waals surface area contributed by atoms with Crippen LogP contribution in [0, 0.1) is 5.41 Å². The summed E-state index contributed by atoms with van der Waals surface area (Å²) in [6.07, 6.45) is 0. The van der Waals surface area contributed by atoms with E-state index in [0.29, 0.717) is 13.1 Å². The van der Waals surface area contributed by atoms with E-state index in [-0.39, 0.29) is 11.3 Å². The summed E-state index contributed by atoms with van der Waals surface area (Å²) < 4.78 is 5.10. The molecule has 0 aromatic rings. The molecular weight excluding hydrogens is 168 g/mol. The van der Waals surface area contributed by atoms with Crippen molar-refractivity contribution in [2.24, 2.45) is 5.41 Å². The highest BCUT2D eigenvalue weighted by Gasteiger charge is 2.32. The van der Waals surface area contributed by atoms with Crippen molar-refractivity contribution < 1.29 is 9.53 Å². The molecule has 0 aromatic heterocycles. The molecule has 0 radical (unpaired) electrons. The summed E-state index contributed by atoms with van der Waals surface area (Å²) in [5, 5.41) is 5.86. The van der Waals surface area contributed by atoms with Gasteiger partial charge in [-0.05, 0) is 6.92 Å². The van der Waals surface area contributed by atoms with Crippen molar-refractivity contribution in [2.45, 2.75) is 13.8 Å². The number of carbonyl (C=O) groups excluding carboxylic acids is 1. The normalized spacial score (nSPS) is 19.2. The van der Waals surface area contributed by atoms with Gasteiger partial charge in [0.2, 0.25) is 5.91 Å². The first-order valence-electron chi connectivity index (χ1n) is 4.71. The van der Waals surface area contributed by atoms with E-state index in [1.54, 1.807) is 0 Å². The summed E-state index contributed by atoms with van der Waals surface area (Å²) in [6.45, 7) is 7.62. The van der Waals surface area contributed by atoms with Gasteiger partial charge in [-0.3, -0.25) is 4.79 Å². The predicted molar refractivity (Wildman–Crippen MR) is 50.5 cm³/mol. The maximum absolute atomic E-state index is 11.0. The van der Waals surface area contributed by atoms with Crippen LogP contribution >= 0.6 is 0 Å². The van der Waals surface area contributed by atoms with Crippen LogP contribution in [0.5, 0.6) is 0 Å². The van der Waals surface area contributed by atoms with Gasteiger partial charge in [-0.2, -0.15) is 0 Å². The van der Waals surface area contributed by atoms with Crippen molar-refractivity contribution >= 4 is 5.91 Å². The molecular formula is C9H18N2O2. The maximum Gasteiger partial charge on any atom is 0.233 e. The summed E-state index contributed by atoms with van der Waals surface area (Å²) in [5.41, 5.74) is 0.243. The number of nitrogens with one attached hydrogen (secondary N) is 2.